The third-order valence-corrected chi connectivity index (χ3v) is 2.65. The predicted octanol–water partition coefficient (Wildman–Crippen LogP) is 2.39. The van der Waals surface area contributed by atoms with Crippen LogP contribution in [0.3, 0.4) is 0 Å². The molecule has 1 unspecified atom stereocenters. The SMILES string of the molecule is COC(OC)C(C)NCc1ccc(OC(F)F)cc1. The van der Waals surface area contributed by atoms with E-state index in [1.54, 1.807) is 26.4 Å². The Kier molecular flexibility index (Phi) is 6.69. The van der Waals surface area contributed by atoms with Gasteiger partial charge >= 0.3 is 6.61 Å². The molecular formula is C13H19F2NO3. The third-order valence-electron chi connectivity index (χ3n) is 2.65. The maximum Gasteiger partial charge on any atom is 0.387 e. The van der Waals surface area contributed by atoms with E-state index >= 15 is 0 Å². The van der Waals surface area contributed by atoms with Crippen LogP contribution in [0.2, 0.25) is 0 Å². The highest BCUT2D eigenvalue weighted by Crippen LogP contribution is 2.15. The first-order valence-corrected chi connectivity index (χ1v) is 5.89. The van der Waals surface area contributed by atoms with E-state index in [1.807, 2.05) is 6.92 Å². The minimum absolute atomic E-state index is 0.00647. The summed E-state index contributed by atoms with van der Waals surface area (Å²) < 4.78 is 38.5. The number of rotatable bonds is 8. The molecule has 1 atom stereocenters. The molecule has 108 valence electrons. The Balaban J connectivity index is 2.45. The van der Waals surface area contributed by atoms with Gasteiger partial charge < -0.3 is 19.5 Å². The fourth-order valence-electron chi connectivity index (χ4n) is 1.67. The van der Waals surface area contributed by atoms with E-state index in [1.165, 1.54) is 12.1 Å². The van der Waals surface area contributed by atoms with Gasteiger partial charge in [-0.3, -0.25) is 0 Å². The van der Waals surface area contributed by atoms with Crippen LogP contribution in [0.5, 0.6) is 5.75 Å². The lowest BCUT2D eigenvalue weighted by atomic mass is 10.2. The van der Waals surface area contributed by atoms with Crippen LogP contribution in [0.25, 0.3) is 0 Å². The third kappa shape index (κ3) is 5.50. The van der Waals surface area contributed by atoms with Crippen molar-refractivity contribution in [1.82, 2.24) is 5.32 Å². The standard InChI is InChI=1S/C13H19F2NO3/c1-9(12(17-2)18-3)16-8-10-4-6-11(7-5-10)19-13(14)15/h4-7,9,12-13,16H,8H2,1-3H3. The molecule has 4 nitrogen and oxygen atoms in total. The molecule has 0 amide bonds. The molecule has 0 bridgehead atoms. The van der Waals surface area contributed by atoms with E-state index in [0.717, 1.165) is 5.56 Å². The van der Waals surface area contributed by atoms with Gasteiger partial charge in [0.25, 0.3) is 0 Å². The second-order valence-corrected chi connectivity index (χ2v) is 4.03. The van der Waals surface area contributed by atoms with E-state index < -0.39 is 6.61 Å². The zero-order valence-electron chi connectivity index (χ0n) is 11.2. The molecule has 6 heteroatoms. The van der Waals surface area contributed by atoms with Crippen molar-refractivity contribution in [3.8, 4) is 5.75 Å². The van der Waals surface area contributed by atoms with Crippen LogP contribution in [0.15, 0.2) is 24.3 Å². The first kappa shape index (κ1) is 15.8. The van der Waals surface area contributed by atoms with Crippen molar-refractivity contribution in [2.24, 2.45) is 0 Å². The van der Waals surface area contributed by atoms with Crippen molar-refractivity contribution in [3.63, 3.8) is 0 Å². The van der Waals surface area contributed by atoms with Crippen LogP contribution in [0.1, 0.15) is 12.5 Å². The van der Waals surface area contributed by atoms with Gasteiger partial charge in [-0.05, 0) is 24.6 Å². The number of halogens is 2. The van der Waals surface area contributed by atoms with Crippen molar-refractivity contribution in [3.05, 3.63) is 29.8 Å². The summed E-state index contributed by atoms with van der Waals surface area (Å²) in [6.07, 6.45) is -0.332. The van der Waals surface area contributed by atoms with Crippen LogP contribution in [0, 0.1) is 0 Å². The summed E-state index contributed by atoms with van der Waals surface area (Å²) in [5.41, 5.74) is 0.958. The molecule has 1 rings (SSSR count). The van der Waals surface area contributed by atoms with Gasteiger partial charge in [-0.2, -0.15) is 8.78 Å². The maximum absolute atomic E-state index is 12.0. The zero-order chi connectivity index (χ0) is 14.3. The highest BCUT2D eigenvalue weighted by Gasteiger charge is 2.14. The number of ether oxygens (including phenoxy) is 3. The van der Waals surface area contributed by atoms with Crippen LogP contribution < -0.4 is 10.1 Å². The Morgan fingerprint density at radius 2 is 1.68 bits per heavy atom. The first-order chi connectivity index (χ1) is 9.06. The largest absolute Gasteiger partial charge is 0.435 e. The molecule has 0 heterocycles. The highest BCUT2D eigenvalue weighted by molar-refractivity contribution is 5.27. The predicted molar refractivity (Wildman–Crippen MR) is 67.2 cm³/mol. The molecule has 0 saturated carbocycles. The number of hydrogen-bond acceptors (Lipinski definition) is 4. The van der Waals surface area contributed by atoms with Crippen molar-refractivity contribution in [1.29, 1.82) is 0 Å². The molecule has 0 radical (unpaired) electrons. The van der Waals surface area contributed by atoms with E-state index in [9.17, 15) is 8.78 Å². The van der Waals surface area contributed by atoms with Gasteiger partial charge in [-0.1, -0.05) is 12.1 Å². The summed E-state index contributed by atoms with van der Waals surface area (Å²) in [4.78, 5) is 0. The Morgan fingerprint density at radius 1 is 1.11 bits per heavy atom. The highest BCUT2D eigenvalue weighted by atomic mass is 19.3. The summed E-state index contributed by atoms with van der Waals surface area (Å²) in [6, 6.07) is 6.49. The van der Waals surface area contributed by atoms with E-state index in [0.29, 0.717) is 6.54 Å². The number of nitrogens with one attached hydrogen (secondary N) is 1. The number of methoxy groups -OCH3 is 2. The van der Waals surface area contributed by atoms with E-state index in [4.69, 9.17) is 9.47 Å². The summed E-state index contributed by atoms with van der Waals surface area (Å²) in [5.74, 6) is 0.151. The van der Waals surface area contributed by atoms with Gasteiger partial charge in [0.2, 0.25) is 0 Å². The topological polar surface area (TPSA) is 39.7 Å². The van der Waals surface area contributed by atoms with Crippen molar-refractivity contribution >= 4 is 0 Å². The molecule has 0 aliphatic rings. The first-order valence-electron chi connectivity index (χ1n) is 5.89. The summed E-state index contributed by atoms with van der Waals surface area (Å²) in [5, 5.41) is 3.22. The van der Waals surface area contributed by atoms with Gasteiger partial charge in [0.1, 0.15) is 5.75 Å². The number of hydrogen-bond donors (Lipinski definition) is 1. The molecule has 0 aromatic heterocycles. The fraction of sp³-hybridized carbons (Fsp3) is 0.538. The Hall–Kier alpha value is -1.24. The molecule has 0 saturated heterocycles. The van der Waals surface area contributed by atoms with Crippen LogP contribution in [-0.4, -0.2) is 33.2 Å². The van der Waals surface area contributed by atoms with Crippen molar-refractivity contribution < 1.29 is 23.0 Å². The minimum Gasteiger partial charge on any atom is -0.435 e. The molecule has 1 aromatic rings. The average molecular weight is 275 g/mol. The average Bonchev–Trinajstić information content (AvgIpc) is 2.38. The van der Waals surface area contributed by atoms with Gasteiger partial charge in [0, 0.05) is 20.8 Å². The number of alkyl halides is 2. The van der Waals surface area contributed by atoms with Crippen LogP contribution >= 0.6 is 0 Å². The summed E-state index contributed by atoms with van der Waals surface area (Å²) >= 11 is 0. The van der Waals surface area contributed by atoms with Crippen molar-refractivity contribution in [2.75, 3.05) is 14.2 Å². The van der Waals surface area contributed by atoms with E-state index in [-0.39, 0.29) is 18.1 Å². The molecule has 0 fully saturated rings. The van der Waals surface area contributed by atoms with Gasteiger partial charge in [0.05, 0.1) is 6.04 Å². The van der Waals surface area contributed by atoms with Gasteiger partial charge in [0.15, 0.2) is 6.29 Å². The molecule has 0 aliphatic heterocycles. The Labute approximate surface area is 111 Å². The minimum atomic E-state index is -2.80. The monoisotopic (exact) mass is 275 g/mol. The Morgan fingerprint density at radius 3 is 2.16 bits per heavy atom. The van der Waals surface area contributed by atoms with Crippen molar-refractivity contribution in [2.45, 2.75) is 32.4 Å². The second-order valence-electron chi connectivity index (χ2n) is 4.03. The molecule has 19 heavy (non-hydrogen) atoms. The summed E-state index contributed by atoms with van der Waals surface area (Å²) in [7, 11) is 3.14. The van der Waals surface area contributed by atoms with Crippen LogP contribution in [0.4, 0.5) is 8.78 Å². The lowest BCUT2D eigenvalue weighted by molar-refractivity contribution is -0.119. The molecule has 1 aromatic carbocycles. The van der Waals surface area contributed by atoms with Gasteiger partial charge in [-0.25, -0.2) is 0 Å². The van der Waals surface area contributed by atoms with E-state index in [2.05, 4.69) is 10.1 Å². The smallest absolute Gasteiger partial charge is 0.387 e. The Bertz CT molecular complexity index is 355. The fourth-order valence-corrected chi connectivity index (χ4v) is 1.67. The summed E-state index contributed by atoms with van der Waals surface area (Å²) in [6.45, 7) is -0.279. The number of benzene rings is 1. The zero-order valence-corrected chi connectivity index (χ0v) is 11.2. The molecule has 0 aliphatic carbocycles. The maximum atomic E-state index is 12.0. The second kappa shape index (κ2) is 8.04. The lowest BCUT2D eigenvalue weighted by Crippen LogP contribution is -2.39. The molecule has 0 spiro atoms. The molecular weight excluding hydrogens is 256 g/mol. The quantitative estimate of drug-likeness (QED) is 0.739. The lowest BCUT2D eigenvalue weighted by Gasteiger charge is -2.22. The van der Waals surface area contributed by atoms with Gasteiger partial charge in [-0.15, -0.1) is 0 Å². The molecule has 1 N–H and O–H groups in total. The normalized spacial score (nSPS) is 13.0. The van der Waals surface area contributed by atoms with Crippen LogP contribution in [-0.2, 0) is 16.0 Å².